The summed E-state index contributed by atoms with van der Waals surface area (Å²) in [7, 11) is 0. The topological polar surface area (TPSA) is 84.4 Å². The predicted molar refractivity (Wildman–Crippen MR) is 70.5 cm³/mol. The second kappa shape index (κ2) is 6.14. The van der Waals surface area contributed by atoms with Crippen LogP contribution in [0.5, 0.6) is 0 Å². The van der Waals surface area contributed by atoms with Gasteiger partial charge in [0.15, 0.2) is 11.0 Å². The molecular weight excluding hydrogens is 267 g/mol. The van der Waals surface area contributed by atoms with Crippen molar-refractivity contribution in [2.45, 2.75) is 10.9 Å². The number of halogens is 1. The molecule has 3 N–H and O–H groups in total. The Labute approximate surface area is 113 Å². The Balaban J connectivity index is 2.10. The van der Waals surface area contributed by atoms with Crippen LogP contribution in [0.2, 0.25) is 0 Å². The zero-order valence-electron chi connectivity index (χ0n) is 9.82. The summed E-state index contributed by atoms with van der Waals surface area (Å²) in [4.78, 5) is 8.08. The van der Waals surface area contributed by atoms with E-state index in [2.05, 4.69) is 15.1 Å². The van der Waals surface area contributed by atoms with Gasteiger partial charge in [0.1, 0.15) is 5.82 Å². The standard InChI is InChI=1S/C12H11FN4OS/c13-10-6-8(11(14)17-18)2-3-9(10)7-19-12-15-4-1-5-16-12/h1-6,18H,7H2,(H2,14,17). The highest BCUT2D eigenvalue weighted by molar-refractivity contribution is 7.98. The Morgan fingerprint density at radius 3 is 2.74 bits per heavy atom. The number of oxime groups is 1. The molecular formula is C12H11FN4OS. The maximum Gasteiger partial charge on any atom is 0.187 e. The molecule has 0 radical (unpaired) electrons. The third-order valence-electron chi connectivity index (χ3n) is 2.36. The van der Waals surface area contributed by atoms with Crippen molar-refractivity contribution in [3.8, 4) is 0 Å². The van der Waals surface area contributed by atoms with Crippen molar-refractivity contribution in [3.05, 3.63) is 53.6 Å². The monoisotopic (exact) mass is 278 g/mol. The van der Waals surface area contributed by atoms with Crippen LogP contribution in [0.1, 0.15) is 11.1 Å². The molecule has 5 nitrogen and oxygen atoms in total. The van der Waals surface area contributed by atoms with Crippen molar-refractivity contribution in [1.82, 2.24) is 9.97 Å². The highest BCUT2D eigenvalue weighted by atomic mass is 32.2. The molecule has 19 heavy (non-hydrogen) atoms. The van der Waals surface area contributed by atoms with E-state index >= 15 is 0 Å². The fraction of sp³-hybridized carbons (Fsp3) is 0.0833. The van der Waals surface area contributed by atoms with E-state index in [0.29, 0.717) is 22.0 Å². The number of nitrogens with zero attached hydrogens (tertiary/aromatic N) is 3. The van der Waals surface area contributed by atoms with Crippen LogP contribution >= 0.6 is 11.8 Å². The van der Waals surface area contributed by atoms with E-state index in [1.54, 1.807) is 30.6 Å². The molecule has 0 aliphatic heterocycles. The number of rotatable bonds is 4. The molecule has 0 spiro atoms. The first-order valence-electron chi connectivity index (χ1n) is 5.37. The SMILES string of the molecule is N/C(=N\O)c1ccc(CSc2ncccn2)c(F)c1. The minimum absolute atomic E-state index is 0.121. The molecule has 2 aromatic rings. The van der Waals surface area contributed by atoms with Crippen LogP contribution in [-0.2, 0) is 5.75 Å². The predicted octanol–water partition coefficient (Wildman–Crippen LogP) is 2.00. The van der Waals surface area contributed by atoms with Gasteiger partial charge in [-0.1, -0.05) is 29.1 Å². The number of hydrogen-bond donors (Lipinski definition) is 2. The van der Waals surface area contributed by atoms with E-state index < -0.39 is 5.82 Å². The van der Waals surface area contributed by atoms with Crippen LogP contribution in [0.25, 0.3) is 0 Å². The van der Waals surface area contributed by atoms with E-state index in [9.17, 15) is 4.39 Å². The Hall–Kier alpha value is -2.15. The Kier molecular flexibility index (Phi) is 4.30. The summed E-state index contributed by atoms with van der Waals surface area (Å²) in [5, 5.41) is 11.9. The highest BCUT2D eigenvalue weighted by Gasteiger charge is 2.07. The van der Waals surface area contributed by atoms with Gasteiger partial charge in [-0.05, 0) is 17.7 Å². The van der Waals surface area contributed by atoms with Gasteiger partial charge in [0.05, 0.1) is 0 Å². The van der Waals surface area contributed by atoms with Gasteiger partial charge in [0.2, 0.25) is 0 Å². The van der Waals surface area contributed by atoms with Crippen LogP contribution in [0, 0.1) is 5.82 Å². The number of aromatic nitrogens is 2. The lowest BCUT2D eigenvalue weighted by Gasteiger charge is -2.04. The first-order chi connectivity index (χ1) is 9.20. The van der Waals surface area contributed by atoms with Crippen molar-refractivity contribution < 1.29 is 9.60 Å². The van der Waals surface area contributed by atoms with Crippen molar-refractivity contribution in [2.24, 2.45) is 10.9 Å². The van der Waals surface area contributed by atoms with Crippen molar-refractivity contribution >= 4 is 17.6 Å². The Morgan fingerprint density at radius 2 is 2.11 bits per heavy atom. The molecule has 0 bridgehead atoms. The molecule has 2 rings (SSSR count). The van der Waals surface area contributed by atoms with Crippen LogP contribution in [0.3, 0.4) is 0 Å². The van der Waals surface area contributed by atoms with E-state index in [-0.39, 0.29) is 5.84 Å². The van der Waals surface area contributed by atoms with Crippen LogP contribution in [-0.4, -0.2) is 21.0 Å². The van der Waals surface area contributed by atoms with Crippen LogP contribution in [0.15, 0.2) is 47.0 Å². The van der Waals surface area contributed by atoms with Crippen molar-refractivity contribution in [3.63, 3.8) is 0 Å². The number of hydrogen-bond acceptors (Lipinski definition) is 5. The zero-order valence-corrected chi connectivity index (χ0v) is 10.6. The summed E-state index contributed by atoms with van der Waals surface area (Å²) >= 11 is 1.33. The van der Waals surface area contributed by atoms with Gasteiger partial charge >= 0.3 is 0 Å². The van der Waals surface area contributed by atoms with Gasteiger partial charge < -0.3 is 10.9 Å². The molecule has 0 unspecified atom stereocenters. The van der Waals surface area contributed by atoms with Gasteiger partial charge in [0.25, 0.3) is 0 Å². The fourth-order valence-corrected chi connectivity index (χ4v) is 2.17. The molecule has 0 saturated heterocycles. The largest absolute Gasteiger partial charge is 0.409 e. The second-order valence-corrected chi connectivity index (χ2v) is 4.55. The maximum atomic E-state index is 13.8. The quantitative estimate of drug-likeness (QED) is 0.223. The number of thioether (sulfide) groups is 1. The lowest BCUT2D eigenvalue weighted by atomic mass is 10.1. The van der Waals surface area contributed by atoms with E-state index in [1.807, 2.05) is 0 Å². The molecule has 0 saturated carbocycles. The molecule has 0 aliphatic carbocycles. The van der Waals surface area contributed by atoms with Crippen molar-refractivity contribution in [2.75, 3.05) is 0 Å². The Bertz CT molecular complexity index is 592. The summed E-state index contributed by atoms with van der Waals surface area (Å²) in [6.45, 7) is 0. The molecule has 0 fully saturated rings. The number of amidine groups is 1. The smallest absolute Gasteiger partial charge is 0.187 e. The van der Waals surface area contributed by atoms with Crippen LogP contribution < -0.4 is 5.73 Å². The Morgan fingerprint density at radius 1 is 1.37 bits per heavy atom. The van der Waals surface area contributed by atoms with Gasteiger partial charge in [-0.2, -0.15) is 0 Å². The normalized spacial score (nSPS) is 11.5. The summed E-state index contributed by atoms with van der Waals surface area (Å²) in [6, 6.07) is 6.14. The molecule has 1 aromatic carbocycles. The highest BCUT2D eigenvalue weighted by Crippen LogP contribution is 2.21. The minimum atomic E-state index is -0.410. The maximum absolute atomic E-state index is 13.8. The third-order valence-corrected chi connectivity index (χ3v) is 3.28. The summed E-state index contributed by atoms with van der Waals surface area (Å²) in [5.74, 6) is -0.122. The average Bonchev–Trinajstić information content (AvgIpc) is 2.46. The van der Waals surface area contributed by atoms with Gasteiger partial charge in [-0.3, -0.25) is 0 Å². The number of benzene rings is 1. The van der Waals surface area contributed by atoms with E-state index in [1.165, 1.54) is 17.8 Å². The van der Waals surface area contributed by atoms with E-state index in [4.69, 9.17) is 10.9 Å². The zero-order chi connectivity index (χ0) is 13.7. The lowest BCUT2D eigenvalue weighted by Crippen LogP contribution is -2.13. The second-order valence-electron chi connectivity index (χ2n) is 3.61. The molecule has 98 valence electrons. The van der Waals surface area contributed by atoms with Crippen molar-refractivity contribution in [1.29, 1.82) is 0 Å². The number of nitrogens with two attached hydrogens (primary N) is 1. The van der Waals surface area contributed by atoms with Gasteiger partial charge in [-0.15, -0.1) is 0 Å². The average molecular weight is 278 g/mol. The van der Waals surface area contributed by atoms with Gasteiger partial charge in [-0.25, -0.2) is 14.4 Å². The summed E-state index contributed by atoms with van der Waals surface area (Å²) in [6.07, 6.45) is 3.26. The summed E-state index contributed by atoms with van der Waals surface area (Å²) in [5.41, 5.74) is 6.23. The minimum Gasteiger partial charge on any atom is -0.409 e. The van der Waals surface area contributed by atoms with Crippen LogP contribution in [0.4, 0.5) is 4.39 Å². The lowest BCUT2D eigenvalue weighted by molar-refractivity contribution is 0.318. The fourth-order valence-electron chi connectivity index (χ4n) is 1.38. The molecule has 1 aromatic heterocycles. The van der Waals surface area contributed by atoms with Gasteiger partial charge in [0, 0.05) is 23.7 Å². The van der Waals surface area contributed by atoms with E-state index in [0.717, 1.165) is 0 Å². The third kappa shape index (κ3) is 3.41. The summed E-state index contributed by atoms with van der Waals surface area (Å²) < 4.78 is 13.8. The molecule has 7 heteroatoms. The molecule has 0 amide bonds. The molecule has 0 aliphatic rings. The molecule has 0 atom stereocenters. The molecule has 1 heterocycles. The first kappa shape index (κ1) is 13.3. The first-order valence-corrected chi connectivity index (χ1v) is 6.35.